The minimum Gasteiger partial charge on any atom is -0.497 e. The molecule has 4 aliphatic rings. The van der Waals surface area contributed by atoms with Crippen molar-refractivity contribution in [3.8, 4) is 5.75 Å². The van der Waals surface area contributed by atoms with Crippen LogP contribution in [-0.4, -0.2) is 54.7 Å². The monoisotopic (exact) mass is 381 g/mol. The van der Waals surface area contributed by atoms with Crippen molar-refractivity contribution in [3.63, 3.8) is 0 Å². The standard InChI is InChI=1S/C23H31N3O2/c1-28-20-9-7-19(8-10-20)24-23(27)26-12-4-5-16-13-17-14-18(22(16)26)15-25-11-3-2-6-21(17)25/h7-10,13,17-18,21-22H,2-6,11-12,14-15H2,1H3,(H,24,27)/t17-,18+,21-,22-/m0/s1. The average molecular weight is 382 g/mol. The number of rotatable bonds is 2. The van der Waals surface area contributed by atoms with Crippen LogP contribution in [0.4, 0.5) is 10.5 Å². The summed E-state index contributed by atoms with van der Waals surface area (Å²) >= 11 is 0. The molecule has 5 heteroatoms. The number of urea groups is 1. The molecule has 3 saturated heterocycles. The lowest BCUT2D eigenvalue weighted by atomic mass is 9.68. The van der Waals surface area contributed by atoms with E-state index in [4.69, 9.17) is 4.74 Å². The number of hydrogen-bond donors (Lipinski definition) is 1. The molecule has 0 unspecified atom stereocenters. The summed E-state index contributed by atoms with van der Waals surface area (Å²) < 4.78 is 5.21. The highest BCUT2D eigenvalue weighted by atomic mass is 16.5. The maximum atomic E-state index is 13.2. The number of ether oxygens (including phenoxy) is 1. The van der Waals surface area contributed by atoms with E-state index in [9.17, 15) is 4.79 Å². The highest BCUT2D eigenvalue weighted by molar-refractivity contribution is 5.90. The third-order valence-electron chi connectivity index (χ3n) is 7.26. The summed E-state index contributed by atoms with van der Waals surface area (Å²) in [6, 6.07) is 8.67. The average Bonchev–Trinajstić information content (AvgIpc) is 2.74. The number of carbonyl (C=O) groups excluding carboxylic acids is 1. The summed E-state index contributed by atoms with van der Waals surface area (Å²) in [6.45, 7) is 3.26. The van der Waals surface area contributed by atoms with Crippen LogP contribution in [0.3, 0.4) is 0 Å². The Morgan fingerprint density at radius 3 is 2.82 bits per heavy atom. The maximum Gasteiger partial charge on any atom is 0.322 e. The number of hydrogen-bond acceptors (Lipinski definition) is 3. The number of fused-ring (bicyclic) bond motifs is 6. The summed E-state index contributed by atoms with van der Waals surface area (Å²) in [7, 11) is 1.66. The Balaban J connectivity index is 1.35. The van der Waals surface area contributed by atoms with E-state index in [1.165, 1.54) is 37.8 Å². The molecule has 1 aliphatic carbocycles. The van der Waals surface area contributed by atoms with Gasteiger partial charge in [0.05, 0.1) is 13.2 Å². The Kier molecular flexibility index (Phi) is 4.79. The fraction of sp³-hybridized carbons (Fsp3) is 0.609. The van der Waals surface area contributed by atoms with Gasteiger partial charge in [-0.2, -0.15) is 0 Å². The van der Waals surface area contributed by atoms with Crippen molar-refractivity contribution >= 4 is 11.7 Å². The van der Waals surface area contributed by atoms with Crippen molar-refractivity contribution in [2.75, 3.05) is 32.1 Å². The Labute approximate surface area is 167 Å². The highest BCUT2D eigenvalue weighted by Crippen LogP contribution is 2.45. The lowest BCUT2D eigenvalue weighted by Crippen LogP contribution is -2.60. The highest BCUT2D eigenvalue weighted by Gasteiger charge is 2.46. The zero-order chi connectivity index (χ0) is 19.1. The molecule has 5 nitrogen and oxygen atoms in total. The number of piperidine rings is 3. The second-order valence-electron chi connectivity index (χ2n) is 8.86. The molecule has 0 aromatic heterocycles. The topological polar surface area (TPSA) is 44.8 Å². The van der Waals surface area contributed by atoms with Crippen molar-refractivity contribution in [1.82, 2.24) is 9.80 Å². The van der Waals surface area contributed by atoms with Crippen molar-refractivity contribution < 1.29 is 9.53 Å². The lowest BCUT2D eigenvalue weighted by molar-refractivity contribution is 0.00908. The number of amides is 2. The first-order valence-corrected chi connectivity index (χ1v) is 10.9. The largest absolute Gasteiger partial charge is 0.497 e. The second kappa shape index (κ2) is 7.43. The summed E-state index contributed by atoms with van der Waals surface area (Å²) in [5.41, 5.74) is 2.36. The van der Waals surface area contributed by atoms with Gasteiger partial charge in [-0.3, -0.25) is 4.90 Å². The fourth-order valence-corrected chi connectivity index (χ4v) is 6.07. The summed E-state index contributed by atoms with van der Waals surface area (Å²) in [5.74, 6) is 2.09. The molecule has 4 atom stereocenters. The second-order valence-corrected chi connectivity index (χ2v) is 8.86. The molecule has 1 N–H and O–H groups in total. The molecule has 2 amide bonds. The van der Waals surface area contributed by atoms with Gasteiger partial charge in [0.1, 0.15) is 5.75 Å². The van der Waals surface area contributed by atoms with Crippen LogP contribution in [-0.2, 0) is 0 Å². The van der Waals surface area contributed by atoms with E-state index in [0.29, 0.717) is 11.8 Å². The molecular formula is C23H31N3O2. The number of nitrogens with zero attached hydrogens (tertiary/aromatic N) is 2. The number of benzene rings is 1. The zero-order valence-corrected chi connectivity index (χ0v) is 16.8. The Morgan fingerprint density at radius 2 is 2.00 bits per heavy atom. The van der Waals surface area contributed by atoms with E-state index in [2.05, 4.69) is 21.2 Å². The van der Waals surface area contributed by atoms with Gasteiger partial charge in [-0.15, -0.1) is 0 Å². The quantitative estimate of drug-likeness (QED) is 0.784. The van der Waals surface area contributed by atoms with Crippen LogP contribution in [0, 0.1) is 11.8 Å². The van der Waals surface area contributed by atoms with Crippen molar-refractivity contribution in [3.05, 3.63) is 35.9 Å². The van der Waals surface area contributed by atoms with Gasteiger partial charge in [0.15, 0.2) is 0 Å². The Hall–Kier alpha value is -2.01. The third-order valence-corrected chi connectivity index (χ3v) is 7.26. The molecule has 3 aliphatic heterocycles. The van der Waals surface area contributed by atoms with Crippen LogP contribution in [0.5, 0.6) is 5.75 Å². The van der Waals surface area contributed by atoms with Gasteiger partial charge < -0.3 is 15.0 Å². The van der Waals surface area contributed by atoms with Crippen molar-refractivity contribution in [1.29, 1.82) is 0 Å². The van der Waals surface area contributed by atoms with E-state index in [0.717, 1.165) is 43.4 Å². The van der Waals surface area contributed by atoms with Gasteiger partial charge in [-0.05, 0) is 74.8 Å². The summed E-state index contributed by atoms with van der Waals surface area (Å²) in [4.78, 5) is 18.0. The van der Waals surface area contributed by atoms with E-state index in [1.807, 2.05) is 24.3 Å². The van der Waals surface area contributed by atoms with Crippen molar-refractivity contribution in [2.45, 2.75) is 50.6 Å². The Morgan fingerprint density at radius 1 is 1.14 bits per heavy atom. The molecule has 0 spiro atoms. The van der Waals surface area contributed by atoms with Crippen LogP contribution in [0.2, 0.25) is 0 Å². The van der Waals surface area contributed by atoms with Gasteiger partial charge in [0.25, 0.3) is 0 Å². The molecule has 3 heterocycles. The molecule has 28 heavy (non-hydrogen) atoms. The SMILES string of the molecule is COc1ccc(NC(=O)N2CCCC3=C[C@H]4C[C@H](CN5CCCC[C@@H]45)[C@H]32)cc1. The molecule has 1 aromatic carbocycles. The van der Waals surface area contributed by atoms with Crippen LogP contribution in [0.15, 0.2) is 35.9 Å². The summed E-state index contributed by atoms with van der Waals surface area (Å²) in [5, 5.41) is 3.12. The number of anilines is 1. The summed E-state index contributed by atoms with van der Waals surface area (Å²) in [6.07, 6.45) is 10.1. The van der Waals surface area contributed by atoms with Crippen LogP contribution in [0.1, 0.15) is 38.5 Å². The number of methoxy groups -OCH3 is 1. The van der Waals surface area contributed by atoms with Gasteiger partial charge in [-0.25, -0.2) is 4.79 Å². The van der Waals surface area contributed by atoms with Crippen molar-refractivity contribution in [2.24, 2.45) is 11.8 Å². The van der Waals surface area contributed by atoms with Gasteiger partial charge in [-0.1, -0.05) is 18.1 Å². The number of nitrogens with one attached hydrogen (secondary N) is 1. The number of carbonyl (C=O) groups is 1. The minimum atomic E-state index is 0.0417. The fourth-order valence-electron chi connectivity index (χ4n) is 6.07. The molecule has 3 fully saturated rings. The third kappa shape index (κ3) is 3.20. The lowest BCUT2D eigenvalue weighted by Gasteiger charge is -2.54. The smallest absolute Gasteiger partial charge is 0.322 e. The number of likely N-dealkylation sites (tertiary alicyclic amines) is 1. The minimum absolute atomic E-state index is 0.0417. The molecule has 5 rings (SSSR count). The van der Waals surface area contributed by atoms with Crippen LogP contribution < -0.4 is 10.1 Å². The van der Waals surface area contributed by atoms with E-state index >= 15 is 0 Å². The first-order valence-electron chi connectivity index (χ1n) is 10.9. The van der Waals surface area contributed by atoms with Crippen LogP contribution >= 0.6 is 0 Å². The Bertz CT molecular complexity index is 760. The molecule has 0 saturated carbocycles. The normalized spacial score (nSPS) is 32.0. The van der Waals surface area contributed by atoms with E-state index in [1.54, 1.807) is 7.11 Å². The first kappa shape index (κ1) is 18.0. The molecule has 0 radical (unpaired) electrons. The predicted octanol–water partition coefficient (Wildman–Crippen LogP) is 4.12. The van der Waals surface area contributed by atoms with Gasteiger partial charge in [0, 0.05) is 24.8 Å². The molecule has 150 valence electrons. The molecule has 1 aromatic rings. The molecular weight excluding hydrogens is 350 g/mol. The maximum absolute atomic E-state index is 13.2. The van der Waals surface area contributed by atoms with Crippen LogP contribution in [0.25, 0.3) is 0 Å². The zero-order valence-electron chi connectivity index (χ0n) is 16.8. The van der Waals surface area contributed by atoms with Gasteiger partial charge >= 0.3 is 6.03 Å². The van der Waals surface area contributed by atoms with E-state index in [-0.39, 0.29) is 12.1 Å². The van der Waals surface area contributed by atoms with Gasteiger partial charge in [0.2, 0.25) is 0 Å². The van der Waals surface area contributed by atoms with E-state index < -0.39 is 0 Å². The molecule has 2 bridgehead atoms. The first-order chi connectivity index (χ1) is 13.7. The predicted molar refractivity (Wildman–Crippen MR) is 111 cm³/mol.